The maximum Gasteiger partial charge on any atom is 0.0700 e. The zero-order valence-corrected chi connectivity index (χ0v) is 9.45. The summed E-state index contributed by atoms with van der Waals surface area (Å²) in [5.74, 6) is 0.773. The molecular formula is C12H23NO2. The minimum atomic E-state index is -0.0283. The lowest BCUT2D eigenvalue weighted by atomic mass is 9.87. The topological polar surface area (TPSA) is 41.5 Å². The SMILES string of the molecule is OC1CCC(CNCC2CCCO2)CC1. The van der Waals surface area contributed by atoms with Crippen LogP contribution in [-0.4, -0.2) is 37.0 Å². The fourth-order valence-corrected chi connectivity index (χ4v) is 2.60. The molecule has 0 aromatic heterocycles. The Balaban J connectivity index is 1.53. The van der Waals surface area contributed by atoms with Crippen LogP contribution in [0.25, 0.3) is 0 Å². The van der Waals surface area contributed by atoms with Crippen LogP contribution in [0.3, 0.4) is 0 Å². The van der Waals surface area contributed by atoms with Gasteiger partial charge in [-0.3, -0.25) is 0 Å². The van der Waals surface area contributed by atoms with Gasteiger partial charge in [0.05, 0.1) is 12.2 Å². The molecule has 0 aromatic rings. The molecule has 1 aliphatic carbocycles. The van der Waals surface area contributed by atoms with Crippen molar-refractivity contribution in [3.05, 3.63) is 0 Å². The number of ether oxygens (including phenoxy) is 1. The Hall–Kier alpha value is -0.120. The minimum Gasteiger partial charge on any atom is -0.393 e. The van der Waals surface area contributed by atoms with Crippen molar-refractivity contribution in [2.24, 2.45) is 5.92 Å². The fourth-order valence-electron chi connectivity index (χ4n) is 2.60. The minimum absolute atomic E-state index is 0.0283. The van der Waals surface area contributed by atoms with Gasteiger partial charge in [-0.05, 0) is 51.0 Å². The number of hydrogen-bond acceptors (Lipinski definition) is 3. The van der Waals surface area contributed by atoms with Crippen molar-refractivity contribution in [3.63, 3.8) is 0 Å². The molecule has 15 heavy (non-hydrogen) atoms. The second kappa shape index (κ2) is 5.83. The van der Waals surface area contributed by atoms with Crippen LogP contribution < -0.4 is 5.32 Å². The van der Waals surface area contributed by atoms with Gasteiger partial charge in [0.15, 0.2) is 0 Å². The van der Waals surface area contributed by atoms with Crippen molar-refractivity contribution in [2.45, 2.75) is 50.7 Å². The molecule has 1 unspecified atom stereocenters. The first-order chi connectivity index (χ1) is 7.34. The van der Waals surface area contributed by atoms with Crippen molar-refractivity contribution in [3.8, 4) is 0 Å². The van der Waals surface area contributed by atoms with Crippen molar-refractivity contribution in [1.82, 2.24) is 5.32 Å². The third-order valence-electron chi connectivity index (χ3n) is 3.65. The Morgan fingerprint density at radius 1 is 1.07 bits per heavy atom. The molecule has 0 aromatic carbocycles. The Kier molecular flexibility index (Phi) is 4.42. The van der Waals surface area contributed by atoms with E-state index in [1.165, 1.54) is 25.7 Å². The van der Waals surface area contributed by atoms with Gasteiger partial charge in [-0.15, -0.1) is 0 Å². The van der Waals surface area contributed by atoms with Gasteiger partial charge in [-0.2, -0.15) is 0 Å². The average molecular weight is 213 g/mol. The van der Waals surface area contributed by atoms with Crippen LogP contribution in [0.5, 0.6) is 0 Å². The number of nitrogens with one attached hydrogen (secondary N) is 1. The molecule has 1 saturated heterocycles. The van der Waals surface area contributed by atoms with Crippen LogP contribution in [0.2, 0.25) is 0 Å². The van der Waals surface area contributed by atoms with E-state index in [1.54, 1.807) is 0 Å². The molecule has 1 heterocycles. The van der Waals surface area contributed by atoms with E-state index in [0.29, 0.717) is 6.10 Å². The van der Waals surface area contributed by atoms with E-state index >= 15 is 0 Å². The van der Waals surface area contributed by atoms with E-state index in [2.05, 4.69) is 5.32 Å². The molecular weight excluding hydrogens is 190 g/mol. The lowest BCUT2D eigenvalue weighted by molar-refractivity contribution is 0.0976. The van der Waals surface area contributed by atoms with Crippen molar-refractivity contribution in [1.29, 1.82) is 0 Å². The van der Waals surface area contributed by atoms with Crippen LogP contribution in [-0.2, 0) is 4.74 Å². The standard InChI is InChI=1S/C12H23NO2/c14-11-5-3-10(4-6-11)8-13-9-12-2-1-7-15-12/h10-14H,1-9H2. The van der Waals surface area contributed by atoms with Crippen molar-refractivity contribution in [2.75, 3.05) is 19.7 Å². The summed E-state index contributed by atoms with van der Waals surface area (Å²) in [5.41, 5.74) is 0. The Morgan fingerprint density at radius 3 is 2.53 bits per heavy atom. The highest BCUT2D eigenvalue weighted by Gasteiger charge is 2.20. The van der Waals surface area contributed by atoms with Gasteiger partial charge in [-0.25, -0.2) is 0 Å². The van der Waals surface area contributed by atoms with Gasteiger partial charge in [0.25, 0.3) is 0 Å². The summed E-state index contributed by atoms with van der Waals surface area (Å²) >= 11 is 0. The maximum atomic E-state index is 9.38. The average Bonchev–Trinajstić information content (AvgIpc) is 2.74. The van der Waals surface area contributed by atoms with Crippen molar-refractivity contribution >= 4 is 0 Å². The molecule has 0 radical (unpaired) electrons. The highest BCUT2D eigenvalue weighted by atomic mass is 16.5. The highest BCUT2D eigenvalue weighted by Crippen LogP contribution is 2.23. The predicted molar refractivity (Wildman–Crippen MR) is 59.8 cm³/mol. The number of hydrogen-bond donors (Lipinski definition) is 2. The maximum absolute atomic E-state index is 9.38. The lowest BCUT2D eigenvalue weighted by Gasteiger charge is -2.25. The molecule has 0 amide bonds. The number of aliphatic hydroxyl groups is 1. The third-order valence-corrected chi connectivity index (χ3v) is 3.65. The van der Waals surface area contributed by atoms with E-state index in [0.717, 1.165) is 38.5 Å². The number of aliphatic hydroxyl groups excluding tert-OH is 1. The van der Waals surface area contributed by atoms with Crippen LogP contribution in [0, 0.1) is 5.92 Å². The molecule has 1 saturated carbocycles. The van der Waals surface area contributed by atoms with Crippen molar-refractivity contribution < 1.29 is 9.84 Å². The summed E-state index contributed by atoms with van der Waals surface area (Å²) in [6, 6.07) is 0. The Bertz CT molecular complexity index is 172. The van der Waals surface area contributed by atoms with Crippen LogP contribution in [0.15, 0.2) is 0 Å². The normalized spacial score (nSPS) is 37.0. The first-order valence-electron chi connectivity index (χ1n) is 6.35. The van der Waals surface area contributed by atoms with Crippen LogP contribution in [0.4, 0.5) is 0 Å². The molecule has 3 nitrogen and oxygen atoms in total. The monoisotopic (exact) mass is 213 g/mol. The van der Waals surface area contributed by atoms with Gasteiger partial charge in [0.1, 0.15) is 0 Å². The molecule has 2 N–H and O–H groups in total. The van der Waals surface area contributed by atoms with E-state index in [9.17, 15) is 5.11 Å². The summed E-state index contributed by atoms with van der Waals surface area (Å²) in [6.07, 6.45) is 7.22. The molecule has 2 rings (SSSR count). The lowest BCUT2D eigenvalue weighted by Crippen LogP contribution is -2.32. The second-order valence-electron chi connectivity index (χ2n) is 4.97. The zero-order valence-electron chi connectivity index (χ0n) is 9.45. The first-order valence-corrected chi connectivity index (χ1v) is 6.35. The van der Waals surface area contributed by atoms with Crippen LogP contribution >= 0.6 is 0 Å². The Labute approximate surface area is 92.2 Å². The van der Waals surface area contributed by atoms with Gasteiger partial charge in [-0.1, -0.05) is 0 Å². The van der Waals surface area contributed by atoms with Gasteiger partial charge in [0, 0.05) is 13.2 Å². The van der Waals surface area contributed by atoms with Gasteiger partial charge >= 0.3 is 0 Å². The second-order valence-corrected chi connectivity index (χ2v) is 4.97. The highest BCUT2D eigenvalue weighted by molar-refractivity contribution is 4.74. The predicted octanol–water partition coefficient (Wildman–Crippen LogP) is 1.31. The molecule has 0 spiro atoms. The largest absolute Gasteiger partial charge is 0.393 e. The summed E-state index contributed by atoms with van der Waals surface area (Å²) in [6.45, 7) is 3.06. The number of rotatable bonds is 4. The molecule has 3 heteroatoms. The van der Waals surface area contributed by atoms with Gasteiger partial charge in [0.2, 0.25) is 0 Å². The molecule has 88 valence electrons. The Morgan fingerprint density at radius 2 is 1.87 bits per heavy atom. The third kappa shape index (κ3) is 3.74. The van der Waals surface area contributed by atoms with E-state index in [4.69, 9.17) is 4.74 Å². The molecule has 2 aliphatic rings. The molecule has 0 bridgehead atoms. The van der Waals surface area contributed by atoms with Gasteiger partial charge < -0.3 is 15.2 Å². The smallest absolute Gasteiger partial charge is 0.0700 e. The molecule has 2 fully saturated rings. The quantitative estimate of drug-likeness (QED) is 0.740. The van der Waals surface area contributed by atoms with E-state index < -0.39 is 0 Å². The van der Waals surface area contributed by atoms with E-state index in [-0.39, 0.29) is 6.10 Å². The summed E-state index contributed by atoms with van der Waals surface area (Å²) in [5, 5.41) is 12.9. The zero-order chi connectivity index (χ0) is 10.5. The summed E-state index contributed by atoms with van der Waals surface area (Å²) in [4.78, 5) is 0. The first kappa shape index (κ1) is 11.4. The fraction of sp³-hybridized carbons (Fsp3) is 1.00. The molecule has 1 atom stereocenters. The van der Waals surface area contributed by atoms with E-state index in [1.807, 2.05) is 0 Å². The van der Waals surface area contributed by atoms with Crippen LogP contribution in [0.1, 0.15) is 38.5 Å². The molecule has 1 aliphatic heterocycles. The summed E-state index contributed by atoms with van der Waals surface area (Å²) in [7, 11) is 0. The summed E-state index contributed by atoms with van der Waals surface area (Å²) < 4.78 is 5.56.